The molecule has 1 fully saturated rings. The normalized spacial score (nSPS) is 21.0. The molecule has 1 aromatic heterocycles. The van der Waals surface area contributed by atoms with Gasteiger partial charge in [0.05, 0.1) is 11.8 Å². The first-order valence-corrected chi connectivity index (χ1v) is 10.9. The number of nitrogens with zero attached hydrogens (tertiary/aromatic N) is 6. The number of benzene rings is 2. The highest BCUT2D eigenvalue weighted by Crippen LogP contribution is 2.44. The second-order valence-corrected chi connectivity index (χ2v) is 8.16. The van der Waals surface area contributed by atoms with Gasteiger partial charge in [-0.3, -0.25) is 4.79 Å². The van der Waals surface area contributed by atoms with Crippen molar-refractivity contribution in [2.45, 2.75) is 31.8 Å². The lowest BCUT2D eigenvalue weighted by molar-refractivity contribution is -0.394. The second-order valence-electron chi connectivity index (χ2n) is 8.16. The first-order chi connectivity index (χ1) is 16.1. The molecule has 2 aromatic carbocycles. The van der Waals surface area contributed by atoms with Crippen molar-refractivity contribution >= 4 is 23.6 Å². The van der Waals surface area contributed by atoms with Crippen molar-refractivity contribution in [1.29, 1.82) is 0 Å². The van der Waals surface area contributed by atoms with Crippen molar-refractivity contribution in [2.24, 2.45) is 11.0 Å². The monoisotopic (exact) mass is 442 g/mol. The zero-order valence-electron chi connectivity index (χ0n) is 17.8. The number of amides is 1. The van der Waals surface area contributed by atoms with Crippen molar-refractivity contribution in [3.8, 4) is 0 Å². The Balaban J connectivity index is 1.50. The van der Waals surface area contributed by atoms with Crippen LogP contribution in [0, 0.1) is 16.0 Å². The van der Waals surface area contributed by atoms with Gasteiger partial charge in [-0.15, -0.1) is 0 Å². The van der Waals surface area contributed by atoms with E-state index in [1.807, 2.05) is 48.5 Å². The highest BCUT2D eigenvalue weighted by molar-refractivity contribution is 6.08. The summed E-state index contributed by atoms with van der Waals surface area (Å²) in [5, 5.41) is 21.0. The van der Waals surface area contributed by atoms with Crippen LogP contribution in [0.25, 0.3) is 6.08 Å². The second kappa shape index (κ2) is 8.78. The van der Waals surface area contributed by atoms with E-state index in [1.54, 1.807) is 0 Å². The van der Waals surface area contributed by atoms with Crippen LogP contribution < -0.4 is 0 Å². The lowest BCUT2D eigenvalue weighted by Crippen LogP contribution is -2.34. The summed E-state index contributed by atoms with van der Waals surface area (Å²) >= 11 is 0. The summed E-state index contributed by atoms with van der Waals surface area (Å²) in [5.41, 5.74) is 4.20. The first kappa shape index (κ1) is 20.7. The molecule has 1 saturated carbocycles. The molecular formula is C24H22N6O3. The molecule has 9 heteroatoms. The summed E-state index contributed by atoms with van der Waals surface area (Å²) in [6.07, 6.45) is 6.21. The Morgan fingerprint density at radius 2 is 1.85 bits per heavy atom. The molecule has 2 heterocycles. The number of nitro groups is 1. The van der Waals surface area contributed by atoms with E-state index in [2.05, 4.69) is 28.3 Å². The van der Waals surface area contributed by atoms with E-state index in [9.17, 15) is 14.9 Å². The van der Waals surface area contributed by atoms with E-state index in [-0.39, 0.29) is 24.4 Å². The fraction of sp³-hybridized carbons (Fsp3) is 0.250. The standard InChI is InChI=1S/C24H22N6O3/c31-21(15-28-16-25-24(27-28)30(32)33)29-23(18-10-5-2-6-11-18)20-13-7-12-19(22(20)26-29)14-17-8-3-1-4-9-17/h1-6,8-11,14,16,20,23H,7,12-13,15H2/b19-14-. The molecular weight excluding hydrogens is 420 g/mol. The number of carbonyl (C=O) groups is 1. The van der Waals surface area contributed by atoms with Gasteiger partial charge < -0.3 is 10.1 Å². The van der Waals surface area contributed by atoms with E-state index in [0.717, 1.165) is 41.7 Å². The molecule has 1 aliphatic heterocycles. The predicted octanol–water partition coefficient (Wildman–Crippen LogP) is 4.01. The third kappa shape index (κ3) is 4.17. The molecule has 0 spiro atoms. The Hall–Kier alpha value is -4.14. The SMILES string of the molecule is O=C(Cn1cnc([N+](=O)[O-])n1)N1N=C2/C(=C\c3ccccc3)CCCC2C1c1ccccc1. The molecule has 2 aliphatic rings. The van der Waals surface area contributed by atoms with Gasteiger partial charge in [0.15, 0.2) is 0 Å². The number of allylic oxidation sites excluding steroid dienone is 1. The first-order valence-electron chi connectivity index (χ1n) is 10.9. The molecule has 3 aromatic rings. The van der Waals surface area contributed by atoms with E-state index in [4.69, 9.17) is 5.10 Å². The van der Waals surface area contributed by atoms with Crippen LogP contribution in [0.1, 0.15) is 36.4 Å². The van der Waals surface area contributed by atoms with E-state index in [0.29, 0.717) is 0 Å². The zero-order chi connectivity index (χ0) is 22.8. The number of carbonyl (C=O) groups excluding carboxylic acids is 1. The van der Waals surface area contributed by atoms with Gasteiger partial charge in [0.25, 0.3) is 5.91 Å². The lowest BCUT2D eigenvalue weighted by atomic mass is 9.77. The number of aromatic nitrogens is 3. The molecule has 0 radical (unpaired) electrons. The largest absolute Gasteiger partial charge is 0.490 e. The maximum absolute atomic E-state index is 13.3. The summed E-state index contributed by atoms with van der Waals surface area (Å²) in [4.78, 5) is 27.2. The average Bonchev–Trinajstić information content (AvgIpc) is 3.46. The molecule has 1 amide bonds. The Bertz CT molecular complexity index is 1240. The molecule has 9 nitrogen and oxygen atoms in total. The summed E-state index contributed by atoms with van der Waals surface area (Å²) in [6.45, 7) is -0.175. The summed E-state index contributed by atoms with van der Waals surface area (Å²) in [6, 6.07) is 19.8. The average molecular weight is 442 g/mol. The van der Waals surface area contributed by atoms with Gasteiger partial charge in [-0.25, -0.2) is 5.01 Å². The number of fused-ring (bicyclic) bond motifs is 1. The topological polar surface area (TPSA) is 107 Å². The van der Waals surface area contributed by atoms with Gasteiger partial charge in [-0.05, 0) is 47.0 Å². The van der Waals surface area contributed by atoms with E-state index in [1.165, 1.54) is 16.0 Å². The van der Waals surface area contributed by atoms with Gasteiger partial charge in [-0.1, -0.05) is 65.6 Å². The number of hydrogen-bond donors (Lipinski definition) is 0. The van der Waals surface area contributed by atoms with Crippen LogP contribution in [-0.4, -0.2) is 36.3 Å². The zero-order valence-corrected chi connectivity index (χ0v) is 17.8. The predicted molar refractivity (Wildman–Crippen MR) is 122 cm³/mol. The smallest absolute Gasteiger partial charge is 0.390 e. The fourth-order valence-corrected chi connectivity index (χ4v) is 4.60. The van der Waals surface area contributed by atoms with Crippen LogP contribution in [-0.2, 0) is 11.3 Å². The molecule has 0 N–H and O–H groups in total. The van der Waals surface area contributed by atoms with Crippen LogP contribution in [0.15, 0.2) is 77.7 Å². The van der Waals surface area contributed by atoms with Crippen molar-refractivity contribution in [3.63, 3.8) is 0 Å². The Morgan fingerprint density at radius 1 is 1.12 bits per heavy atom. The van der Waals surface area contributed by atoms with Crippen molar-refractivity contribution in [2.75, 3.05) is 0 Å². The van der Waals surface area contributed by atoms with E-state index >= 15 is 0 Å². The number of rotatable bonds is 5. The Labute approximate surface area is 190 Å². The van der Waals surface area contributed by atoms with Crippen LogP contribution >= 0.6 is 0 Å². The maximum Gasteiger partial charge on any atom is 0.490 e. The van der Waals surface area contributed by atoms with Crippen molar-refractivity contribution < 1.29 is 9.72 Å². The minimum Gasteiger partial charge on any atom is -0.390 e. The van der Waals surface area contributed by atoms with Crippen LogP contribution in [0.3, 0.4) is 0 Å². The number of hydrogen-bond acceptors (Lipinski definition) is 6. The summed E-state index contributed by atoms with van der Waals surface area (Å²) in [7, 11) is 0. The molecule has 1 aliphatic carbocycles. The lowest BCUT2D eigenvalue weighted by Gasteiger charge is -2.29. The minimum absolute atomic E-state index is 0.0881. The molecule has 2 atom stereocenters. The molecule has 166 valence electrons. The number of hydrazone groups is 1. The fourth-order valence-electron chi connectivity index (χ4n) is 4.60. The Kier molecular flexibility index (Phi) is 5.52. The van der Waals surface area contributed by atoms with Gasteiger partial charge in [0.2, 0.25) is 6.33 Å². The highest BCUT2D eigenvalue weighted by Gasteiger charge is 2.43. The van der Waals surface area contributed by atoms with Crippen LogP contribution in [0.4, 0.5) is 5.95 Å². The summed E-state index contributed by atoms with van der Waals surface area (Å²) < 4.78 is 1.19. The third-order valence-corrected chi connectivity index (χ3v) is 6.02. The van der Waals surface area contributed by atoms with Gasteiger partial charge in [0.1, 0.15) is 6.54 Å². The van der Waals surface area contributed by atoms with Gasteiger partial charge in [0, 0.05) is 11.0 Å². The Morgan fingerprint density at radius 3 is 2.55 bits per heavy atom. The van der Waals surface area contributed by atoms with Crippen molar-refractivity contribution in [1.82, 2.24) is 19.8 Å². The molecule has 2 unspecified atom stereocenters. The van der Waals surface area contributed by atoms with E-state index < -0.39 is 10.9 Å². The van der Waals surface area contributed by atoms with Gasteiger partial charge >= 0.3 is 5.95 Å². The molecule has 5 rings (SSSR count). The molecule has 0 saturated heterocycles. The quantitative estimate of drug-likeness (QED) is 0.438. The van der Waals surface area contributed by atoms with Crippen LogP contribution in [0.2, 0.25) is 0 Å². The summed E-state index contributed by atoms with van der Waals surface area (Å²) in [5.74, 6) is -0.730. The third-order valence-electron chi connectivity index (χ3n) is 6.02. The van der Waals surface area contributed by atoms with Gasteiger partial charge in [-0.2, -0.15) is 9.78 Å². The highest BCUT2D eigenvalue weighted by atomic mass is 16.6. The molecule has 0 bridgehead atoms. The maximum atomic E-state index is 13.3. The molecule has 33 heavy (non-hydrogen) atoms. The van der Waals surface area contributed by atoms with Crippen LogP contribution in [0.5, 0.6) is 0 Å². The van der Waals surface area contributed by atoms with Crippen molar-refractivity contribution in [3.05, 3.63) is 93.8 Å². The minimum atomic E-state index is -0.682.